The lowest BCUT2D eigenvalue weighted by molar-refractivity contribution is -0.00926. The summed E-state index contributed by atoms with van der Waals surface area (Å²) in [4.78, 5) is 7.38. The molecule has 2 unspecified atom stereocenters. The van der Waals surface area contributed by atoms with E-state index in [2.05, 4.69) is 63.8 Å². The third-order valence-electron chi connectivity index (χ3n) is 7.44. The molecule has 0 radical (unpaired) electrons. The molecule has 5 heteroatoms. The Morgan fingerprint density at radius 2 is 2.14 bits per heavy atom. The van der Waals surface area contributed by atoms with Crippen LogP contribution in [0.5, 0.6) is 0 Å². The van der Waals surface area contributed by atoms with Gasteiger partial charge in [0.1, 0.15) is 5.70 Å². The van der Waals surface area contributed by atoms with E-state index in [1.165, 1.54) is 35.0 Å². The number of para-hydroxylation sites is 1. The van der Waals surface area contributed by atoms with Crippen LogP contribution in [0.3, 0.4) is 0 Å². The molecule has 0 N–H and O–H groups in total. The molecular weight excluding hydrogens is 348 g/mol. The largest absolute Gasteiger partial charge is 0.332 e. The molecule has 3 atom stereocenters. The fraction of sp³-hybridized carbons (Fsp3) is 0.478. The fourth-order valence-corrected chi connectivity index (χ4v) is 6.04. The van der Waals surface area contributed by atoms with E-state index in [0.29, 0.717) is 23.8 Å². The SMILES string of the molecule is CC[C@@]12C=C(c3nc(C)no3)n3c4c(c5ccccc53)CCN(C(C)CC1)C42. The predicted octanol–water partition coefficient (Wildman–Crippen LogP) is 4.71. The van der Waals surface area contributed by atoms with Gasteiger partial charge in [-0.3, -0.25) is 4.90 Å². The number of nitrogens with zero attached hydrogens (tertiary/aromatic N) is 4. The molecule has 1 aromatic carbocycles. The number of aromatic nitrogens is 3. The van der Waals surface area contributed by atoms with Gasteiger partial charge in [-0.2, -0.15) is 4.98 Å². The van der Waals surface area contributed by atoms with Crippen LogP contribution in [0.1, 0.15) is 62.1 Å². The quantitative estimate of drug-likeness (QED) is 0.651. The lowest BCUT2D eigenvalue weighted by atomic mass is 9.65. The molecule has 3 aliphatic rings. The van der Waals surface area contributed by atoms with E-state index in [9.17, 15) is 0 Å². The van der Waals surface area contributed by atoms with Crippen molar-refractivity contribution in [1.29, 1.82) is 0 Å². The third-order valence-corrected chi connectivity index (χ3v) is 7.44. The second-order valence-electron chi connectivity index (χ2n) is 8.76. The Balaban J connectivity index is 1.73. The predicted molar refractivity (Wildman–Crippen MR) is 109 cm³/mol. The standard InChI is InChI=1S/C23H26N4O/c1-4-23-11-9-14(2)26-12-10-17-16-7-5-6-8-18(16)27(20(17)21(23)26)19(13-23)22-24-15(3)25-28-22/h5-8,13-14,21H,4,9-12H2,1-3H3/t14?,21?,23-/m0/s1. The van der Waals surface area contributed by atoms with Gasteiger partial charge in [0.15, 0.2) is 5.82 Å². The van der Waals surface area contributed by atoms with E-state index in [4.69, 9.17) is 4.52 Å². The van der Waals surface area contributed by atoms with Gasteiger partial charge in [0, 0.05) is 29.1 Å². The number of rotatable bonds is 2. The zero-order chi connectivity index (χ0) is 19.0. The molecule has 0 spiro atoms. The van der Waals surface area contributed by atoms with E-state index < -0.39 is 0 Å². The van der Waals surface area contributed by atoms with Crippen LogP contribution in [0.4, 0.5) is 0 Å². The molecule has 2 aromatic heterocycles. The van der Waals surface area contributed by atoms with Crippen LogP contribution in [0, 0.1) is 12.3 Å². The van der Waals surface area contributed by atoms with Crippen molar-refractivity contribution in [2.45, 2.75) is 58.5 Å². The van der Waals surface area contributed by atoms with Gasteiger partial charge >= 0.3 is 0 Å². The van der Waals surface area contributed by atoms with Crippen LogP contribution in [-0.2, 0) is 6.42 Å². The minimum absolute atomic E-state index is 0.129. The van der Waals surface area contributed by atoms with Gasteiger partial charge in [0.05, 0.1) is 11.6 Å². The summed E-state index contributed by atoms with van der Waals surface area (Å²) < 4.78 is 8.12. The van der Waals surface area contributed by atoms with Gasteiger partial charge in [-0.05, 0) is 57.2 Å². The second kappa shape index (κ2) is 5.57. The topological polar surface area (TPSA) is 47.1 Å². The summed E-state index contributed by atoms with van der Waals surface area (Å²) in [6.07, 6.45) is 7.16. The maximum absolute atomic E-state index is 5.69. The number of piperidine rings is 1. The highest BCUT2D eigenvalue weighted by molar-refractivity contribution is 5.91. The number of benzene rings is 1. The van der Waals surface area contributed by atoms with Crippen molar-refractivity contribution >= 4 is 16.6 Å². The molecule has 0 saturated carbocycles. The minimum Gasteiger partial charge on any atom is -0.332 e. The van der Waals surface area contributed by atoms with Gasteiger partial charge in [0.2, 0.25) is 0 Å². The maximum atomic E-state index is 5.69. The second-order valence-corrected chi connectivity index (χ2v) is 8.76. The highest BCUT2D eigenvalue weighted by Gasteiger charge is 2.52. The molecule has 0 bridgehead atoms. The van der Waals surface area contributed by atoms with Crippen LogP contribution >= 0.6 is 0 Å². The normalized spacial score (nSPS) is 29.0. The Labute approximate surface area is 165 Å². The van der Waals surface area contributed by atoms with Crippen LogP contribution in [0.2, 0.25) is 0 Å². The highest BCUT2D eigenvalue weighted by Crippen LogP contribution is 2.58. The Kier molecular flexibility index (Phi) is 3.29. The first-order valence-corrected chi connectivity index (χ1v) is 10.5. The summed E-state index contributed by atoms with van der Waals surface area (Å²) in [7, 11) is 0. The Morgan fingerprint density at radius 1 is 1.29 bits per heavy atom. The van der Waals surface area contributed by atoms with Gasteiger partial charge in [0.25, 0.3) is 5.89 Å². The number of hydrogen-bond acceptors (Lipinski definition) is 4. The van der Waals surface area contributed by atoms with Crippen molar-refractivity contribution in [2.24, 2.45) is 5.41 Å². The first kappa shape index (κ1) is 16.5. The molecule has 0 amide bonds. The lowest BCUT2D eigenvalue weighted by Crippen LogP contribution is -2.54. The minimum atomic E-state index is 0.129. The van der Waals surface area contributed by atoms with Gasteiger partial charge < -0.3 is 9.09 Å². The van der Waals surface area contributed by atoms with Crippen LogP contribution in [0.15, 0.2) is 34.9 Å². The van der Waals surface area contributed by atoms with Crippen molar-refractivity contribution in [1.82, 2.24) is 19.6 Å². The van der Waals surface area contributed by atoms with E-state index in [1.807, 2.05) is 6.92 Å². The Morgan fingerprint density at radius 3 is 2.93 bits per heavy atom. The smallest absolute Gasteiger partial charge is 0.274 e. The number of aryl methyl sites for hydroxylation is 1. The number of hydrogen-bond donors (Lipinski definition) is 0. The van der Waals surface area contributed by atoms with E-state index >= 15 is 0 Å². The Bertz CT molecular complexity index is 1120. The summed E-state index contributed by atoms with van der Waals surface area (Å²) in [5.41, 5.74) is 5.45. The molecule has 5 nitrogen and oxygen atoms in total. The van der Waals surface area contributed by atoms with Gasteiger partial charge in [-0.25, -0.2) is 0 Å². The zero-order valence-corrected chi connectivity index (χ0v) is 16.8. The van der Waals surface area contributed by atoms with E-state index in [0.717, 1.165) is 25.1 Å². The van der Waals surface area contributed by atoms with E-state index in [-0.39, 0.29) is 5.41 Å². The van der Waals surface area contributed by atoms with Crippen LogP contribution < -0.4 is 0 Å². The molecule has 28 heavy (non-hydrogen) atoms. The van der Waals surface area contributed by atoms with Gasteiger partial charge in [-0.1, -0.05) is 30.3 Å². The highest BCUT2D eigenvalue weighted by atomic mass is 16.5. The van der Waals surface area contributed by atoms with Crippen molar-refractivity contribution in [2.75, 3.05) is 6.54 Å². The molecule has 3 aromatic rings. The van der Waals surface area contributed by atoms with Crippen molar-refractivity contribution in [3.05, 3.63) is 53.3 Å². The maximum Gasteiger partial charge on any atom is 0.274 e. The molecule has 5 heterocycles. The summed E-state index contributed by atoms with van der Waals surface area (Å²) in [5, 5.41) is 5.47. The van der Waals surface area contributed by atoms with Crippen LogP contribution in [0.25, 0.3) is 16.6 Å². The van der Waals surface area contributed by atoms with E-state index in [1.54, 1.807) is 0 Å². The van der Waals surface area contributed by atoms with Gasteiger partial charge in [-0.15, -0.1) is 0 Å². The molecule has 0 aliphatic carbocycles. The molecule has 1 fully saturated rings. The average molecular weight is 374 g/mol. The molecule has 6 rings (SSSR count). The monoisotopic (exact) mass is 374 g/mol. The Hall–Kier alpha value is -2.40. The zero-order valence-electron chi connectivity index (χ0n) is 16.8. The third kappa shape index (κ3) is 1.95. The molecular formula is C23H26N4O. The van der Waals surface area contributed by atoms with Crippen molar-refractivity contribution in [3.63, 3.8) is 0 Å². The summed E-state index contributed by atoms with van der Waals surface area (Å²) in [5.74, 6) is 1.33. The summed E-state index contributed by atoms with van der Waals surface area (Å²) >= 11 is 0. The summed E-state index contributed by atoms with van der Waals surface area (Å²) in [6, 6.07) is 9.88. The molecule has 1 saturated heterocycles. The lowest BCUT2D eigenvalue weighted by Gasteiger charge is -2.55. The average Bonchev–Trinajstić information content (AvgIpc) is 3.30. The molecule has 144 valence electrons. The summed E-state index contributed by atoms with van der Waals surface area (Å²) in [6.45, 7) is 7.78. The fourth-order valence-electron chi connectivity index (χ4n) is 6.04. The molecule has 3 aliphatic heterocycles. The van der Waals surface area contributed by atoms with Crippen molar-refractivity contribution in [3.8, 4) is 0 Å². The first-order chi connectivity index (χ1) is 13.6. The first-order valence-electron chi connectivity index (χ1n) is 10.5. The number of fused-ring (bicyclic) bond motifs is 3. The van der Waals surface area contributed by atoms with Crippen LogP contribution in [-0.4, -0.2) is 32.2 Å². The van der Waals surface area contributed by atoms with Crippen molar-refractivity contribution < 1.29 is 4.52 Å².